The van der Waals surface area contributed by atoms with Crippen molar-refractivity contribution in [2.75, 3.05) is 5.32 Å². The number of hydrogen-bond donors (Lipinski definition) is 1. The van der Waals surface area contributed by atoms with Crippen molar-refractivity contribution in [1.29, 1.82) is 0 Å². The summed E-state index contributed by atoms with van der Waals surface area (Å²) in [5, 5.41) is 8.58. The third-order valence-electron chi connectivity index (χ3n) is 5.44. The van der Waals surface area contributed by atoms with Gasteiger partial charge in [0.2, 0.25) is 0 Å². The minimum absolute atomic E-state index is 0.272. The fraction of sp³-hybridized carbons (Fsp3) is 0.185. The Balaban J connectivity index is 1.39. The minimum Gasteiger partial charge on any atom is -0.489 e. The molecule has 0 bridgehead atoms. The number of anilines is 1. The number of ether oxygens (including phenoxy) is 1. The van der Waals surface area contributed by atoms with Crippen molar-refractivity contribution in [1.82, 2.24) is 9.78 Å². The molecule has 0 radical (unpaired) electrons. The van der Waals surface area contributed by atoms with Crippen molar-refractivity contribution in [2.24, 2.45) is 0 Å². The first-order valence-corrected chi connectivity index (χ1v) is 12.2. The van der Waals surface area contributed by atoms with Gasteiger partial charge in [-0.1, -0.05) is 79.0 Å². The molecule has 1 heterocycles. The maximum absolute atomic E-state index is 12.9. The Morgan fingerprint density at radius 3 is 2.49 bits per heavy atom. The number of carbonyl (C=O) groups excluding carboxylic acids is 1. The lowest BCUT2D eigenvalue weighted by atomic mass is 10.0. The van der Waals surface area contributed by atoms with E-state index in [2.05, 4.69) is 36.4 Å². The maximum atomic E-state index is 12.9. The summed E-state index contributed by atoms with van der Waals surface area (Å²) < 4.78 is 7.50. The zero-order valence-corrected chi connectivity index (χ0v) is 21.5. The fourth-order valence-electron chi connectivity index (χ4n) is 3.48. The molecule has 3 aromatic carbocycles. The molecule has 0 fully saturated rings. The predicted octanol–water partition coefficient (Wildman–Crippen LogP) is 7.85. The first-order valence-electron chi connectivity index (χ1n) is 11.1. The Morgan fingerprint density at radius 1 is 1.00 bits per heavy atom. The van der Waals surface area contributed by atoms with E-state index in [9.17, 15) is 4.79 Å². The van der Waals surface area contributed by atoms with Gasteiger partial charge in [-0.25, -0.2) is 0 Å². The average Bonchev–Trinajstić information content (AvgIpc) is 3.18. The first kappa shape index (κ1) is 25.1. The molecule has 1 N–H and O–H groups in total. The molecule has 1 aromatic heterocycles. The van der Waals surface area contributed by atoms with Crippen LogP contribution in [0.3, 0.4) is 0 Å². The highest BCUT2D eigenvalue weighted by molar-refractivity contribution is 6.35. The van der Waals surface area contributed by atoms with Gasteiger partial charge < -0.3 is 10.1 Å². The van der Waals surface area contributed by atoms with Gasteiger partial charge in [0.05, 0.1) is 6.54 Å². The van der Waals surface area contributed by atoms with Crippen LogP contribution < -0.4 is 10.1 Å². The third kappa shape index (κ3) is 6.57. The van der Waals surface area contributed by atoms with E-state index in [-0.39, 0.29) is 11.7 Å². The number of nitrogens with zero attached hydrogens (tertiary/aromatic N) is 2. The molecule has 0 spiro atoms. The Morgan fingerprint density at radius 2 is 1.77 bits per heavy atom. The number of hydrogen-bond acceptors (Lipinski definition) is 3. The smallest absolute Gasteiger partial charge is 0.256 e. The van der Waals surface area contributed by atoms with Crippen molar-refractivity contribution in [2.45, 2.75) is 32.9 Å². The summed E-state index contributed by atoms with van der Waals surface area (Å²) in [7, 11) is 0. The van der Waals surface area contributed by atoms with Gasteiger partial charge in [-0.05, 0) is 59.0 Å². The van der Waals surface area contributed by atoms with Crippen LogP contribution in [-0.2, 0) is 13.2 Å². The number of carbonyl (C=O) groups is 1. The molecule has 1 amide bonds. The van der Waals surface area contributed by atoms with Crippen LogP contribution in [0.5, 0.6) is 5.75 Å². The van der Waals surface area contributed by atoms with Crippen molar-refractivity contribution in [3.05, 3.63) is 110 Å². The number of halogens is 3. The lowest BCUT2D eigenvalue weighted by molar-refractivity contribution is 0.102. The summed E-state index contributed by atoms with van der Waals surface area (Å²) in [4.78, 5) is 12.9. The molecule has 0 aliphatic rings. The van der Waals surface area contributed by atoms with Crippen LogP contribution in [0.15, 0.2) is 72.9 Å². The highest BCUT2D eigenvalue weighted by Crippen LogP contribution is 2.25. The van der Waals surface area contributed by atoms with Crippen molar-refractivity contribution in [3.8, 4) is 5.75 Å². The van der Waals surface area contributed by atoms with Crippen LogP contribution in [0.4, 0.5) is 5.82 Å². The molecular formula is C27H24Cl3N3O2. The number of amides is 1. The van der Waals surface area contributed by atoms with Gasteiger partial charge in [0.1, 0.15) is 17.4 Å². The molecule has 0 unspecified atom stereocenters. The second-order valence-electron chi connectivity index (χ2n) is 8.43. The summed E-state index contributed by atoms with van der Waals surface area (Å²) in [5.41, 5.74) is 3.44. The van der Waals surface area contributed by atoms with Crippen LogP contribution in [-0.4, -0.2) is 15.7 Å². The monoisotopic (exact) mass is 527 g/mol. The maximum Gasteiger partial charge on any atom is 0.256 e. The topological polar surface area (TPSA) is 56.1 Å². The van der Waals surface area contributed by atoms with Gasteiger partial charge in [0.25, 0.3) is 5.91 Å². The van der Waals surface area contributed by atoms with Crippen molar-refractivity contribution < 1.29 is 9.53 Å². The summed E-state index contributed by atoms with van der Waals surface area (Å²) in [6.07, 6.45) is 1.64. The van der Waals surface area contributed by atoms with Gasteiger partial charge in [-0.15, -0.1) is 0 Å². The van der Waals surface area contributed by atoms with Crippen LogP contribution in [0, 0.1) is 0 Å². The van der Waals surface area contributed by atoms with Gasteiger partial charge in [-0.2, -0.15) is 5.10 Å². The highest BCUT2D eigenvalue weighted by atomic mass is 35.5. The molecule has 0 aliphatic heterocycles. The van der Waals surface area contributed by atoms with E-state index in [4.69, 9.17) is 39.5 Å². The summed E-state index contributed by atoms with van der Waals surface area (Å²) in [5.74, 6) is 1.20. The van der Waals surface area contributed by atoms with E-state index in [1.807, 2.05) is 30.3 Å². The van der Waals surface area contributed by atoms with E-state index in [1.165, 1.54) is 5.56 Å². The minimum atomic E-state index is -0.315. The van der Waals surface area contributed by atoms with Gasteiger partial charge in [-0.3, -0.25) is 9.48 Å². The van der Waals surface area contributed by atoms with E-state index < -0.39 is 0 Å². The lowest BCUT2D eigenvalue weighted by Crippen LogP contribution is -2.13. The standard InChI is InChI=1S/C27H24Cl3N3O2/c1-17(2)19-7-10-23(11-8-19)35-16-18-4-3-5-20(12-18)27(34)31-26-25(30)15-33(32-26)14-21-6-9-22(28)13-24(21)29/h3-13,15,17H,14,16H2,1-2H3,(H,31,32,34). The molecule has 5 nitrogen and oxygen atoms in total. The fourth-order valence-corrected chi connectivity index (χ4v) is 4.15. The van der Waals surface area contributed by atoms with Gasteiger partial charge in [0, 0.05) is 21.8 Å². The number of nitrogens with one attached hydrogen (secondary N) is 1. The first-order chi connectivity index (χ1) is 16.8. The Labute approximate surface area is 219 Å². The van der Waals surface area contributed by atoms with Crippen LogP contribution in [0.2, 0.25) is 15.1 Å². The van der Waals surface area contributed by atoms with Crippen LogP contribution in [0.1, 0.15) is 46.8 Å². The Bertz CT molecular complexity index is 1330. The molecule has 0 saturated heterocycles. The SMILES string of the molecule is CC(C)c1ccc(OCc2cccc(C(=O)Nc3nn(Cc4ccc(Cl)cc4Cl)cc3Cl)c2)cc1. The summed E-state index contributed by atoms with van der Waals surface area (Å²) in [6.45, 7) is 5.04. The molecule has 0 aliphatic carbocycles. The van der Waals surface area contributed by atoms with Crippen LogP contribution >= 0.6 is 34.8 Å². The predicted molar refractivity (Wildman–Crippen MR) is 142 cm³/mol. The van der Waals surface area contributed by atoms with Gasteiger partial charge in [0.15, 0.2) is 5.82 Å². The third-order valence-corrected chi connectivity index (χ3v) is 6.30. The quantitative estimate of drug-likeness (QED) is 0.253. The Kier molecular flexibility index (Phi) is 8.01. The van der Waals surface area contributed by atoms with E-state index in [0.29, 0.717) is 39.7 Å². The summed E-state index contributed by atoms with van der Waals surface area (Å²) >= 11 is 18.5. The van der Waals surface area contributed by atoms with E-state index >= 15 is 0 Å². The number of aromatic nitrogens is 2. The molecule has 4 rings (SSSR count). The zero-order chi connectivity index (χ0) is 24.9. The molecule has 180 valence electrons. The lowest BCUT2D eigenvalue weighted by Gasteiger charge is -2.10. The largest absolute Gasteiger partial charge is 0.489 e. The average molecular weight is 529 g/mol. The van der Waals surface area contributed by atoms with Crippen molar-refractivity contribution >= 4 is 46.5 Å². The van der Waals surface area contributed by atoms with Crippen molar-refractivity contribution in [3.63, 3.8) is 0 Å². The highest BCUT2D eigenvalue weighted by Gasteiger charge is 2.14. The normalized spacial score (nSPS) is 11.0. The van der Waals surface area contributed by atoms with E-state index in [0.717, 1.165) is 16.9 Å². The molecule has 0 saturated carbocycles. The molecule has 0 atom stereocenters. The Hall–Kier alpha value is -2.99. The second-order valence-corrected chi connectivity index (χ2v) is 9.68. The van der Waals surface area contributed by atoms with Crippen LogP contribution in [0.25, 0.3) is 0 Å². The molecule has 35 heavy (non-hydrogen) atoms. The number of benzene rings is 3. The second kappa shape index (κ2) is 11.2. The molecule has 4 aromatic rings. The van der Waals surface area contributed by atoms with E-state index in [1.54, 1.807) is 35.1 Å². The molecular weight excluding hydrogens is 505 g/mol. The summed E-state index contributed by atoms with van der Waals surface area (Å²) in [6, 6.07) is 20.5. The zero-order valence-electron chi connectivity index (χ0n) is 19.3. The van der Waals surface area contributed by atoms with Gasteiger partial charge >= 0.3 is 0 Å². The number of rotatable bonds is 8. The molecule has 8 heteroatoms.